The molecular formula is C12H18ClN3O. The average molecular weight is 256 g/mol. The molecule has 0 bridgehead atoms. The van der Waals surface area contributed by atoms with E-state index in [4.69, 9.17) is 22.2 Å². The molecule has 2 rings (SSSR count). The molecule has 1 aliphatic carbocycles. The monoisotopic (exact) mass is 255 g/mol. The minimum absolute atomic E-state index is 0.358. The van der Waals surface area contributed by atoms with Crippen LogP contribution >= 0.6 is 11.6 Å². The van der Waals surface area contributed by atoms with E-state index in [1.807, 2.05) is 0 Å². The molecule has 1 fully saturated rings. The number of hydrogen-bond donors (Lipinski definition) is 2. The van der Waals surface area contributed by atoms with E-state index in [0.717, 1.165) is 18.5 Å². The van der Waals surface area contributed by atoms with E-state index in [-0.39, 0.29) is 0 Å². The second-order valence-electron chi connectivity index (χ2n) is 4.34. The molecule has 1 heterocycles. The first kappa shape index (κ1) is 12.6. The number of nitrogens with zero attached hydrogens (tertiary/aromatic N) is 1. The van der Waals surface area contributed by atoms with Gasteiger partial charge in [-0.1, -0.05) is 30.9 Å². The summed E-state index contributed by atoms with van der Waals surface area (Å²) in [6, 6.07) is 3.52. The fourth-order valence-electron chi connectivity index (χ4n) is 2.09. The number of ether oxygens (including phenoxy) is 1. The quantitative estimate of drug-likeness (QED) is 0.642. The largest absolute Gasteiger partial charge is 0.372 e. The highest BCUT2D eigenvalue weighted by atomic mass is 35.5. The molecule has 4 nitrogen and oxygen atoms in total. The number of nitrogens with one attached hydrogen (secondary N) is 1. The molecule has 0 saturated heterocycles. The minimum atomic E-state index is 0.358. The molecule has 0 spiro atoms. The number of rotatable bonds is 4. The van der Waals surface area contributed by atoms with Crippen LogP contribution in [0.1, 0.15) is 37.8 Å². The topological polar surface area (TPSA) is 60.2 Å². The van der Waals surface area contributed by atoms with Crippen LogP contribution in [-0.4, -0.2) is 11.1 Å². The van der Waals surface area contributed by atoms with Crippen LogP contribution in [-0.2, 0) is 11.3 Å². The molecule has 1 aromatic rings. The first-order chi connectivity index (χ1) is 8.29. The van der Waals surface area contributed by atoms with Crippen molar-refractivity contribution >= 4 is 17.4 Å². The van der Waals surface area contributed by atoms with Gasteiger partial charge in [0, 0.05) is 0 Å². The molecule has 17 heavy (non-hydrogen) atoms. The van der Waals surface area contributed by atoms with Crippen molar-refractivity contribution in [2.75, 3.05) is 5.43 Å². The molecule has 0 aromatic carbocycles. The fourth-order valence-corrected chi connectivity index (χ4v) is 2.25. The highest BCUT2D eigenvalue weighted by molar-refractivity contribution is 6.31. The van der Waals surface area contributed by atoms with Crippen molar-refractivity contribution in [2.24, 2.45) is 5.84 Å². The van der Waals surface area contributed by atoms with Crippen molar-refractivity contribution in [1.29, 1.82) is 0 Å². The van der Waals surface area contributed by atoms with Gasteiger partial charge in [0.15, 0.2) is 0 Å². The molecule has 94 valence electrons. The van der Waals surface area contributed by atoms with Crippen molar-refractivity contribution in [3.05, 3.63) is 22.8 Å². The maximum absolute atomic E-state index is 6.06. The first-order valence-corrected chi connectivity index (χ1v) is 6.41. The molecule has 1 aliphatic rings. The molecule has 1 saturated carbocycles. The van der Waals surface area contributed by atoms with Gasteiger partial charge in [-0.15, -0.1) is 0 Å². The van der Waals surface area contributed by atoms with E-state index < -0.39 is 0 Å². The van der Waals surface area contributed by atoms with Crippen LogP contribution in [0.2, 0.25) is 5.02 Å². The lowest BCUT2D eigenvalue weighted by Crippen LogP contribution is -2.17. The highest BCUT2D eigenvalue weighted by Crippen LogP contribution is 2.23. The van der Waals surface area contributed by atoms with Gasteiger partial charge < -0.3 is 10.2 Å². The Hall–Kier alpha value is -0.840. The normalized spacial score (nSPS) is 17.1. The van der Waals surface area contributed by atoms with Crippen molar-refractivity contribution in [3.8, 4) is 0 Å². The summed E-state index contributed by atoms with van der Waals surface area (Å²) >= 11 is 6.06. The zero-order valence-electron chi connectivity index (χ0n) is 9.79. The van der Waals surface area contributed by atoms with Crippen molar-refractivity contribution in [2.45, 2.75) is 44.8 Å². The molecule has 0 aliphatic heterocycles. The van der Waals surface area contributed by atoms with Gasteiger partial charge in [0.2, 0.25) is 0 Å². The number of anilines is 1. The summed E-state index contributed by atoms with van der Waals surface area (Å²) in [4.78, 5) is 4.28. The summed E-state index contributed by atoms with van der Waals surface area (Å²) in [6.45, 7) is 0.457. The first-order valence-electron chi connectivity index (χ1n) is 6.03. The van der Waals surface area contributed by atoms with E-state index >= 15 is 0 Å². The third-order valence-electron chi connectivity index (χ3n) is 3.07. The lowest BCUT2D eigenvalue weighted by atomic mass is 9.98. The Morgan fingerprint density at radius 1 is 1.35 bits per heavy atom. The zero-order chi connectivity index (χ0) is 12.1. The molecule has 0 unspecified atom stereocenters. The SMILES string of the molecule is NNc1ccc(Cl)c(COC2CCCCC2)n1. The predicted octanol–water partition coefficient (Wildman–Crippen LogP) is 2.87. The second kappa shape index (κ2) is 6.19. The number of halogens is 1. The van der Waals surface area contributed by atoms with E-state index in [1.54, 1.807) is 12.1 Å². The Balaban J connectivity index is 1.92. The summed E-state index contributed by atoms with van der Waals surface area (Å²) < 4.78 is 5.83. The average Bonchev–Trinajstić information content (AvgIpc) is 2.39. The van der Waals surface area contributed by atoms with Crippen LogP contribution in [0.5, 0.6) is 0 Å². The van der Waals surface area contributed by atoms with Gasteiger partial charge in [-0.2, -0.15) is 0 Å². The number of aromatic nitrogens is 1. The third kappa shape index (κ3) is 3.56. The van der Waals surface area contributed by atoms with Crippen LogP contribution < -0.4 is 11.3 Å². The smallest absolute Gasteiger partial charge is 0.140 e. The van der Waals surface area contributed by atoms with Crippen molar-refractivity contribution in [1.82, 2.24) is 4.98 Å². The maximum atomic E-state index is 6.06. The molecule has 3 N–H and O–H groups in total. The Kier molecular flexibility index (Phi) is 4.59. The number of pyridine rings is 1. The van der Waals surface area contributed by atoms with Gasteiger partial charge in [-0.05, 0) is 25.0 Å². The number of hydrogen-bond acceptors (Lipinski definition) is 4. The number of hydrazine groups is 1. The van der Waals surface area contributed by atoms with Gasteiger partial charge >= 0.3 is 0 Å². The van der Waals surface area contributed by atoms with Crippen LogP contribution in [0.3, 0.4) is 0 Å². The van der Waals surface area contributed by atoms with E-state index in [9.17, 15) is 0 Å². The van der Waals surface area contributed by atoms with Crippen LogP contribution in [0.15, 0.2) is 12.1 Å². The third-order valence-corrected chi connectivity index (χ3v) is 3.42. The van der Waals surface area contributed by atoms with Crippen LogP contribution in [0, 0.1) is 0 Å². The molecule has 5 heteroatoms. The molecule has 0 amide bonds. The number of nitrogen functional groups attached to an aromatic ring is 1. The van der Waals surface area contributed by atoms with Crippen LogP contribution in [0.25, 0.3) is 0 Å². The molecule has 1 aromatic heterocycles. The van der Waals surface area contributed by atoms with Gasteiger partial charge in [-0.25, -0.2) is 10.8 Å². The van der Waals surface area contributed by atoms with Crippen molar-refractivity contribution in [3.63, 3.8) is 0 Å². The summed E-state index contributed by atoms with van der Waals surface area (Å²) in [6.07, 6.45) is 6.49. The van der Waals surface area contributed by atoms with E-state index in [1.165, 1.54) is 19.3 Å². The van der Waals surface area contributed by atoms with Gasteiger partial charge in [-0.3, -0.25) is 0 Å². The summed E-state index contributed by atoms with van der Waals surface area (Å²) in [5.74, 6) is 5.92. The minimum Gasteiger partial charge on any atom is -0.372 e. The Bertz CT molecular complexity index is 367. The van der Waals surface area contributed by atoms with Gasteiger partial charge in [0.05, 0.1) is 23.4 Å². The second-order valence-corrected chi connectivity index (χ2v) is 4.75. The van der Waals surface area contributed by atoms with Gasteiger partial charge in [0.25, 0.3) is 0 Å². The van der Waals surface area contributed by atoms with E-state index in [0.29, 0.717) is 23.6 Å². The number of nitrogens with two attached hydrogens (primary N) is 1. The Labute approximate surface area is 106 Å². The fraction of sp³-hybridized carbons (Fsp3) is 0.583. The van der Waals surface area contributed by atoms with Gasteiger partial charge in [0.1, 0.15) is 5.82 Å². The zero-order valence-corrected chi connectivity index (χ0v) is 10.5. The van der Waals surface area contributed by atoms with Crippen molar-refractivity contribution < 1.29 is 4.74 Å². The summed E-state index contributed by atoms with van der Waals surface area (Å²) in [7, 11) is 0. The Morgan fingerprint density at radius 3 is 2.82 bits per heavy atom. The highest BCUT2D eigenvalue weighted by Gasteiger charge is 2.14. The lowest BCUT2D eigenvalue weighted by molar-refractivity contribution is 0.0153. The summed E-state index contributed by atoms with van der Waals surface area (Å²) in [5, 5.41) is 0.625. The summed E-state index contributed by atoms with van der Waals surface area (Å²) in [5.41, 5.74) is 3.25. The molecule has 0 radical (unpaired) electrons. The molecule has 0 atom stereocenters. The molecular weight excluding hydrogens is 238 g/mol. The Morgan fingerprint density at radius 2 is 2.12 bits per heavy atom. The lowest BCUT2D eigenvalue weighted by Gasteiger charge is -2.22. The van der Waals surface area contributed by atoms with E-state index in [2.05, 4.69) is 10.4 Å². The maximum Gasteiger partial charge on any atom is 0.140 e. The standard InChI is InChI=1S/C12H18ClN3O/c13-10-6-7-12(16-14)15-11(10)8-17-9-4-2-1-3-5-9/h6-7,9H,1-5,8,14H2,(H,15,16). The predicted molar refractivity (Wildman–Crippen MR) is 68.7 cm³/mol. The van der Waals surface area contributed by atoms with Crippen LogP contribution in [0.4, 0.5) is 5.82 Å².